The summed E-state index contributed by atoms with van der Waals surface area (Å²) >= 11 is 0. The first-order valence-corrected chi connectivity index (χ1v) is 12.0. The minimum absolute atomic E-state index is 0.0338. The topological polar surface area (TPSA) is 69.7 Å². The van der Waals surface area contributed by atoms with E-state index >= 15 is 0 Å². The van der Waals surface area contributed by atoms with Crippen LogP contribution in [0.2, 0.25) is 0 Å². The van der Waals surface area contributed by atoms with Gasteiger partial charge in [-0.1, -0.05) is 57.0 Å². The standard InChI is InChI=1S/C21H33N3O3S/c1-17-7-6-10-20(18(17)2)22-21(25)15-23-11-13-24(14-12-23)28(26,27)16-19-8-4-3-5-9-19/h3-5,8-9,17-18,20H,6-7,10-16H2,1-2H3,(H,22,25)/t17-,18+,20-/m0/s1. The summed E-state index contributed by atoms with van der Waals surface area (Å²) in [5.41, 5.74) is 0.806. The van der Waals surface area contributed by atoms with Crippen LogP contribution in [0, 0.1) is 11.8 Å². The predicted molar refractivity (Wildman–Crippen MR) is 111 cm³/mol. The van der Waals surface area contributed by atoms with Crippen molar-refractivity contribution in [2.75, 3.05) is 32.7 Å². The van der Waals surface area contributed by atoms with Crippen LogP contribution in [0.15, 0.2) is 30.3 Å². The van der Waals surface area contributed by atoms with Crippen molar-refractivity contribution in [3.8, 4) is 0 Å². The Morgan fingerprint density at radius 2 is 1.75 bits per heavy atom. The molecule has 0 spiro atoms. The minimum atomic E-state index is -3.32. The number of benzene rings is 1. The highest BCUT2D eigenvalue weighted by atomic mass is 32.2. The lowest BCUT2D eigenvalue weighted by atomic mass is 9.78. The Morgan fingerprint density at radius 3 is 2.43 bits per heavy atom. The second-order valence-corrected chi connectivity index (χ2v) is 10.3. The maximum absolute atomic E-state index is 12.6. The molecule has 156 valence electrons. The lowest BCUT2D eigenvalue weighted by Gasteiger charge is -2.36. The van der Waals surface area contributed by atoms with E-state index in [2.05, 4.69) is 24.1 Å². The molecular weight excluding hydrogens is 374 g/mol. The monoisotopic (exact) mass is 407 g/mol. The lowest BCUT2D eigenvalue weighted by Crippen LogP contribution is -2.53. The number of carbonyl (C=O) groups is 1. The second-order valence-electron chi connectivity index (χ2n) is 8.36. The number of piperazine rings is 1. The van der Waals surface area contributed by atoms with Gasteiger partial charge in [-0.25, -0.2) is 8.42 Å². The average Bonchev–Trinajstić information content (AvgIpc) is 2.66. The molecule has 2 fully saturated rings. The van der Waals surface area contributed by atoms with E-state index in [-0.39, 0.29) is 17.7 Å². The van der Waals surface area contributed by atoms with Gasteiger partial charge in [0.15, 0.2) is 0 Å². The molecule has 1 amide bonds. The van der Waals surface area contributed by atoms with E-state index in [1.54, 1.807) is 4.31 Å². The van der Waals surface area contributed by atoms with Crippen LogP contribution in [-0.2, 0) is 20.6 Å². The maximum atomic E-state index is 12.6. The third-order valence-electron chi connectivity index (χ3n) is 6.34. The fourth-order valence-electron chi connectivity index (χ4n) is 4.28. The molecule has 1 aromatic carbocycles. The van der Waals surface area contributed by atoms with Gasteiger partial charge in [0, 0.05) is 32.2 Å². The predicted octanol–water partition coefficient (Wildman–Crippen LogP) is 2.07. The molecule has 6 nitrogen and oxygen atoms in total. The van der Waals surface area contributed by atoms with Gasteiger partial charge < -0.3 is 5.32 Å². The number of sulfonamides is 1. The van der Waals surface area contributed by atoms with Crippen LogP contribution in [0.3, 0.4) is 0 Å². The molecule has 0 bridgehead atoms. The number of hydrogen-bond acceptors (Lipinski definition) is 4. The van der Waals surface area contributed by atoms with Crippen LogP contribution in [0.1, 0.15) is 38.7 Å². The molecule has 0 radical (unpaired) electrons. The van der Waals surface area contributed by atoms with Gasteiger partial charge in [0.25, 0.3) is 0 Å². The van der Waals surface area contributed by atoms with Crippen molar-refractivity contribution in [3.63, 3.8) is 0 Å². The highest BCUT2D eigenvalue weighted by Crippen LogP contribution is 2.29. The molecule has 7 heteroatoms. The molecule has 1 saturated heterocycles. The summed E-state index contributed by atoms with van der Waals surface area (Å²) in [5, 5.41) is 3.21. The number of hydrogen-bond donors (Lipinski definition) is 1. The quantitative estimate of drug-likeness (QED) is 0.784. The maximum Gasteiger partial charge on any atom is 0.234 e. The zero-order valence-corrected chi connectivity index (χ0v) is 17.8. The number of nitrogens with zero attached hydrogens (tertiary/aromatic N) is 2. The molecule has 1 heterocycles. The van der Waals surface area contributed by atoms with Gasteiger partial charge in [-0.05, 0) is 23.8 Å². The normalized spacial score (nSPS) is 27.4. The number of rotatable bonds is 6. The molecular formula is C21H33N3O3S. The van der Waals surface area contributed by atoms with Gasteiger partial charge in [0.2, 0.25) is 15.9 Å². The Balaban J connectivity index is 1.45. The van der Waals surface area contributed by atoms with Crippen molar-refractivity contribution < 1.29 is 13.2 Å². The van der Waals surface area contributed by atoms with E-state index in [0.717, 1.165) is 12.0 Å². The summed E-state index contributed by atoms with van der Waals surface area (Å²) in [5.74, 6) is 1.26. The largest absolute Gasteiger partial charge is 0.352 e. The van der Waals surface area contributed by atoms with E-state index in [4.69, 9.17) is 0 Å². The molecule has 1 aliphatic carbocycles. The summed E-state index contributed by atoms with van der Waals surface area (Å²) in [6.45, 7) is 6.92. The first-order chi connectivity index (χ1) is 13.3. The van der Waals surface area contributed by atoms with E-state index < -0.39 is 10.0 Å². The molecule has 1 saturated carbocycles. The fourth-order valence-corrected chi connectivity index (χ4v) is 5.80. The van der Waals surface area contributed by atoms with E-state index in [1.807, 2.05) is 30.3 Å². The second kappa shape index (κ2) is 9.37. The fraction of sp³-hybridized carbons (Fsp3) is 0.667. The smallest absolute Gasteiger partial charge is 0.234 e. The van der Waals surface area contributed by atoms with Crippen LogP contribution in [-0.4, -0.2) is 62.3 Å². The minimum Gasteiger partial charge on any atom is -0.352 e. The Bertz CT molecular complexity index is 745. The first-order valence-electron chi connectivity index (χ1n) is 10.4. The SMILES string of the molecule is C[C@H]1[C@@H](NC(=O)CN2CCN(S(=O)(=O)Cc3ccccc3)CC2)CCC[C@@H]1C. The molecule has 2 aliphatic rings. The Labute approximate surface area is 169 Å². The van der Waals surface area contributed by atoms with Crippen LogP contribution < -0.4 is 5.32 Å². The van der Waals surface area contributed by atoms with E-state index in [0.29, 0.717) is 44.6 Å². The van der Waals surface area contributed by atoms with Crippen LogP contribution >= 0.6 is 0 Å². The van der Waals surface area contributed by atoms with Crippen molar-refractivity contribution >= 4 is 15.9 Å². The van der Waals surface area contributed by atoms with Gasteiger partial charge in [0.1, 0.15) is 0 Å². The zero-order chi connectivity index (χ0) is 20.1. The van der Waals surface area contributed by atoms with Gasteiger partial charge in [-0.15, -0.1) is 0 Å². The third-order valence-corrected chi connectivity index (χ3v) is 8.19. The van der Waals surface area contributed by atoms with E-state index in [1.165, 1.54) is 12.8 Å². The molecule has 3 rings (SSSR count). The molecule has 1 aromatic rings. The summed E-state index contributed by atoms with van der Waals surface area (Å²) < 4.78 is 26.8. The van der Waals surface area contributed by atoms with Gasteiger partial charge in [-0.2, -0.15) is 4.31 Å². The third kappa shape index (κ3) is 5.55. The van der Waals surface area contributed by atoms with Crippen molar-refractivity contribution in [2.24, 2.45) is 11.8 Å². The van der Waals surface area contributed by atoms with Gasteiger partial charge in [-0.3, -0.25) is 9.69 Å². The molecule has 1 aliphatic heterocycles. The van der Waals surface area contributed by atoms with Gasteiger partial charge in [0.05, 0.1) is 12.3 Å². The Hall–Kier alpha value is -1.44. The number of carbonyl (C=O) groups excluding carboxylic acids is 1. The number of amides is 1. The van der Waals surface area contributed by atoms with Crippen molar-refractivity contribution in [2.45, 2.75) is 44.9 Å². The highest BCUT2D eigenvalue weighted by molar-refractivity contribution is 7.88. The summed E-state index contributed by atoms with van der Waals surface area (Å²) in [6.07, 6.45) is 3.48. The van der Waals surface area contributed by atoms with E-state index in [9.17, 15) is 13.2 Å². The molecule has 0 unspecified atom stereocenters. The molecule has 1 N–H and O–H groups in total. The molecule has 28 heavy (non-hydrogen) atoms. The molecule has 3 atom stereocenters. The first kappa shape index (κ1) is 21.3. The van der Waals surface area contributed by atoms with Crippen molar-refractivity contribution in [1.29, 1.82) is 0 Å². The van der Waals surface area contributed by atoms with Crippen molar-refractivity contribution in [1.82, 2.24) is 14.5 Å². The van der Waals surface area contributed by atoms with Crippen LogP contribution in [0.4, 0.5) is 0 Å². The molecule has 0 aromatic heterocycles. The highest BCUT2D eigenvalue weighted by Gasteiger charge is 2.30. The van der Waals surface area contributed by atoms with Crippen molar-refractivity contribution in [3.05, 3.63) is 35.9 Å². The average molecular weight is 408 g/mol. The number of nitrogens with one attached hydrogen (secondary N) is 1. The van der Waals surface area contributed by atoms with Crippen LogP contribution in [0.25, 0.3) is 0 Å². The summed E-state index contributed by atoms with van der Waals surface area (Å²) in [4.78, 5) is 14.5. The lowest BCUT2D eigenvalue weighted by molar-refractivity contribution is -0.124. The van der Waals surface area contributed by atoms with Crippen LogP contribution in [0.5, 0.6) is 0 Å². The summed E-state index contributed by atoms with van der Waals surface area (Å²) in [6, 6.07) is 9.54. The Kier molecular flexibility index (Phi) is 7.12. The Morgan fingerprint density at radius 1 is 1.07 bits per heavy atom. The van der Waals surface area contributed by atoms with Gasteiger partial charge >= 0.3 is 0 Å². The summed E-state index contributed by atoms with van der Waals surface area (Å²) in [7, 11) is -3.32. The zero-order valence-electron chi connectivity index (χ0n) is 17.0.